The first-order chi connectivity index (χ1) is 0. The third-order valence-electron chi connectivity index (χ3n) is 0. The van der Waals surface area contributed by atoms with Gasteiger partial charge in [-0.15, -0.1) is 0 Å². The van der Waals surface area contributed by atoms with E-state index >= 15 is 0 Å². The molecule has 0 saturated carbocycles. The van der Waals surface area contributed by atoms with Crippen molar-refractivity contribution in [2.45, 2.75) is 0 Å². The predicted octanol–water partition coefficient (Wildman–Crippen LogP) is -2.41. The van der Waals surface area contributed by atoms with E-state index in [1.54, 1.807) is 0 Å². The van der Waals surface area contributed by atoms with Crippen molar-refractivity contribution >= 4 is 59.1 Å². The molecule has 0 amide bonds. The molecule has 0 aliphatic rings. The van der Waals surface area contributed by atoms with Gasteiger partial charge in [-0.1, -0.05) is 0 Å². The van der Waals surface area contributed by atoms with Crippen molar-refractivity contribution in [3.8, 4) is 0 Å². The summed E-state index contributed by atoms with van der Waals surface area (Å²) in [4.78, 5) is 0. The Hall–Kier alpha value is 2.61. The third kappa shape index (κ3) is 20.6. The smallest absolute Gasteiger partial charge is 0 e. The summed E-state index contributed by atoms with van der Waals surface area (Å²) in [7, 11) is 0. The van der Waals surface area contributed by atoms with Gasteiger partial charge in [-0.2, -0.15) is 0 Å². The Bertz CT molecular complexity index is 7.61. The molecule has 0 unspecified atom stereocenters. The fourth-order valence-corrected chi connectivity index (χ4v) is 0. The van der Waals surface area contributed by atoms with Gasteiger partial charge in [0.1, 0.15) is 0 Å². The van der Waals surface area contributed by atoms with Gasteiger partial charge in [-0.25, -0.2) is 0 Å². The molecule has 5 heavy (non-hydrogen) atoms. The van der Waals surface area contributed by atoms with Crippen molar-refractivity contribution in [2.75, 3.05) is 0 Å². The van der Waals surface area contributed by atoms with Gasteiger partial charge in [0, 0.05) is 80.2 Å². The second-order valence-corrected chi connectivity index (χ2v) is 0. The molecule has 0 aromatic heterocycles. The summed E-state index contributed by atoms with van der Waals surface area (Å²) in [5.41, 5.74) is 0. The molecule has 2 radical (unpaired) electrons. The van der Waals surface area contributed by atoms with Gasteiger partial charge in [0.05, 0.1) is 0 Å². The number of hydrogen-bond acceptors (Lipinski definition) is 0. The average Bonchev–Trinajstić information content (AvgIpc) is 0. The predicted molar refractivity (Wildman–Crippen MR) is 18.7 cm³/mol. The molecule has 2 nitrogen and oxygen atoms in total. The molecule has 5 heteroatoms. The standard InChI is InChI=1S/Mo.2Na.2H2O/h;;;2*1H2. The molecule has 0 saturated heterocycles. The zero-order valence-corrected chi connectivity index (χ0v) is 9.42. The molecule has 24 valence electrons. The Kier molecular flexibility index (Phi) is 298. The van der Waals surface area contributed by atoms with Crippen molar-refractivity contribution in [3.63, 3.8) is 0 Å². The third-order valence-corrected chi connectivity index (χ3v) is 0. The van der Waals surface area contributed by atoms with Crippen LogP contribution in [0.15, 0.2) is 0 Å². The van der Waals surface area contributed by atoms with Gasteiger partial charge in [0.15, 0.2) is 0 Å². The Labute approximate surface area is 89.5 Å². The number of hydrogen-bond donors (Lipinski definition) is 0. The Morgan fingerprint density at radius 2 is 0.600 bits per heavy atom. The molecule has 0 aromatic rings. The van der Waals surface area contributed by atoms with Crippen molar-refractivity contribution in [3.05, 3.63) is 0 Å². The SMILES string of the molecule is O.O.[Mo].[Na].[Na]. The molecular weight excluding hydrogens is 174 g/mol. The van der Waals surface area contributed by atoms with Crippen LogP contribution >= 0.6 is 0 Å². The maximum atomic E-state index is 0. The molecule has 0 spiro atoms. The Balaban J connectivity index is 0. The molecule has 0 rings (SSSR count). The van der Waals surface area contributed by atoms with Crippen LogP contribution in [0.4, 0.5) is 0 Å². The normalized spacial score (nSPS) is 0. The van der Waals surface area contributed by atoms with E-state index in [9.17, 15) is 0 Å². The van der Waals surface area contributed by atoms with Crippen molar-refractivity contribution < 1.29 is 32.0 Å². The first kappa shape index (κ1) is 48.8. The van der Waals surface area contributed by atoms with E-state index < -0.39 is 0 Å². The van der Waals surface area contributed by atoms with Crippen LogP contribution in [-0.4, -0.2) is 70.1 Å². The van der Waals surface area contributed by atoms with Crippen LogP contribution in [0.3, 0.4) is 0 Å². The quantitative estimate of drug-likeness (QED) is 0.371. The van der Waals surface area contributed by atoms with Crippen LogP contribution in [0, 0.1) is 0 Å². The van der Waals surface area contributed by atoms with E-state index in [4.69, 9.17) is 0 Å². The molecule has 0 heterocycles. The first-order valence-electron chi connectivity index (χ1n) is 0. The summed E-state index contributed by atoms with van der Waals surface area (Å²) in [6, 6.07) is 0. The summed E-state index contributed by atoms with van der Waals surface area (Å²) in [6.07, 6.45) is 0. The molecule has 0 bridgehead atoms. The Morgan fingerprint density at radius 3 is 0.600 bits per heavy atom. The van der Waals surface area contributed by atoms with Crippen LogP contribution in [0.25, 0.3) is 0 Å². The molecule has 0 aliphatic heterocycles. The first-order valence-corrected chi connectivity index (χ1v) is 0. The zero-order chi connectivity index (χ0) is 0. The van der Waals surface area contributed by atoms with Crippen LogP contribution in [0.2, 0.25) is 0 Å². The average molecular weight is 178 g/mol. The second-order valence-electron chi connectivity index (χ2n) is 0. The monoisotopic (exact) mass is 180 g/mol. The van der Waals surface area contributed by atoms with Crippen molar-refractivity contribution in [1.29, 1.82) is 0 Å². The van der Waals surface area contributed by atoms with Crippen LogP contribution in [-0.2, 0) is 21.1 Å². The molecule has 4 N–H and O–H groups in total. The van der Waals surface area contributed by atoms with Gasteiger partial charge in [0.2, 0.25) is 0 Å². The minimum absolute atomic E-state index is 0. The molecule has 0 fully saturated rings. The molecule has 0 atom stereocenters. The van der Waals surface area contributed by atoms with Gasteiger partial charge >= 0.3 is 0 Å². The molecule has 0 aliphatic carbocycles. The van der Waals surface area contributed by atoms with E-state index in [1.807, 2.05) is 0 Å². The summed E-state index contributed by atoms with van der Waals surface area (Å²) in [5.74, 6) is 0. The topological polar surface area (TPSA) is 63.0 Å². The van der Waals surface area contributed by atoms with E-state index in [0.717, 1.165) is 0 Å². The molecular formula is H4MoNa2O2. The van der Waals surface area contributed by atoms with E-state index in [0.29, 0.717) is 0 Å². The van der Waals surface area contributed by atoms with Gasteiger partial charge in [-0.05, 0) is 0 Å². The zero-order valence-electron chi connectivity index (χ0n) is 3.41. The fraction of sp³-hybridized carbons (Fsp3) is 0. The van der Waals surface area contributed by atoms with Crippen LogP contribution in [0.5, 0.6) is 0 Å². The van der Waals surface area contributed by atoms with Gasteiger partial charge < -0.3 is 11.0 Å². The van der Waals surface area contributed by atoms with Crippen molar-refractivity contribution in [1.82, 2.24) is 0 Å². The number of rotatable bonds is 0. The minimum Gasteiger partial charge on any atom is -0.412 e. The van der Waals surface area contributed by atoms with E-state index in [-0.39, 0.29) is 91.1 Å². The minimum atomic E-state index is 0. The van der Waals surface area contributed by atoms with E-state index in [2.05, 4.69) is 0 Å². The maximum absolute atomic E-state index is 0. The summed E-state index contributed by atoms with van der Waals surface area (Å²) in [5, 5.41) is 0. The fourth-order valence-electron chi connectivity index (χ4n) is 0. The largest absolute Gasteiger partial charge is 0.412 e. The van der Waals surface area contributed by atoms with Crippen LogP contribution in [0.1, 0.15) is 0 Å². The van der Waals surface area contributed by atoms with Gasteiger partial charge in [-0.3, -0.25) is 0 Å². The summed E-state index contributed by atoms with van der Waals surface area (Å²) in [6.45, 7) is 0. The molecule has 0 aromatic carbocycles. The van der Waals surface area contributed by atoms with E-state index in [1.165, 1.54) is 0 Å². The van der Waals surface area contributed by atoms with Gasteiger partial charge in [0.25, 0.3) is 0 Å². The second kappa shape index (κ2) is 30.6. The van der Waals surface area contributed by atoms with Crippen LogP contribution < -0.4 is 0 Å². The maximum Gasteiger partial charge on any atom is 0 e. The Morgan fingerprint density at radius 1 is 0.600 bits per heavy atom. The summed E-state index contributed by atoms with van der Waals surface area (Å²) >= 11 is 0. The summed E-state index contributed by atoms with van der Waals surface area (Å²) < 4.78 is 0. The van der Waals surface area contributed by atoms with Crippen molar-refractivity contribution in [2.24, 2.45) is 0 Å².